The highest BCUT2D eigenvalue weighted by Crippen LogP contribution is 2.29. The number of aromatic nitrogens is 3. The van der Waals surface area contributed by atoms with Gasteiger partial charge in [0.1, 0.15) is 10.7 Å². The molecule has 0 fully saturated rings. The van der Waals surface area contributed by atoms with Crippen LogP contribution in [0.2, 0.25) is 0 Å². The maximum Gasteiger partial charge on any atom is 0.358 e. The van der Waals surface area contributed by atoms with Crippen molar-refractivity contribution in [3.63, 3.8) is 0 Å². The molecule has 0 bridgehead atoms. The normalized spacial score (nSPS) is 10.3. The first-order valence-corrected chi connectivity index (χ1v) is 5.47. The van der Waals surface area contributed by atoms with E-state index in [9.17, 15) is 4.79 Å². The standard InChI is InChI=1S/C9H10N4O2S/c1-2-15-8(14)5-6(16-9(10)13-5)7-11-3-4-12-7/h3-4H,2H2,1H3,(H2,10,13)(H,11,12). The van der Waals surface area contributed by atoms with Gasteiger partial charge in [-0.2, -0.15) is 0 Å². The lowest BCUT2D eigenvalue weighted by molar-refractivity contribution is 0.0521. The lowest BCUT2D eigenvalue weighted by Gasteiger charge is -1.99. The van der Waals surface area contributed by atoms with Gasteiger partial charge in [-0.25, -0.2) is 14.8 Å². The third-order valence-corrected chi connectivity index (χ3v) is 2.72. The Labute approximate surface area is 95.5 Å². The van der Waals surface area contributed by atoms with E-state index in [2.05, 4.69) is 15.0 Å². The Kier molecular flexibility index (Phi) is 2.86. The number of carbonyl (C=O) groups excluding carboxylic acids is 1. The van der Waals surface area contributed by atoms with E-state index in [0.29, 0.717) is 22.4 Å². The average molecular weight is 238 g/mol. The second kappa shape index (κ2) is 4.31. The first-order valence-electron chi connectivity index (χ1n) is 4.65. The van der Waals surface area contributed by atoms with Crippen molar-refractivity contribution in [3.05, 3.63) is 18.1 Å². The Morgan fingerprint density at radius 1 is 1.69 bits per heavy atom. The minimum Gasteiger partial charge on any atom is -0.461 e. The van der Waals surface area contributed by atoms with E-state index in [1.807, 2.05) is 0 Å². The predicted molar refractivity (Wildman–Crippen MR) is 60.1 cm³/mol. The lowest BCUT2D eigenvalue weighted by atomic mass is 10.3. The molecule has 0 atom stereocenters. The summed E-state index contributed by atoms with van der Waals surface area (Å²) in [6.45, 7) is 2.04. The van der Waals surface area contributed by atoms with Crippen LogP contribution in [0.5, 0.6) is 0 Å². The number of thiazole rings is 1. The molecule has 0 radical (unpaired) electrons. The second-order valence-corrected chi connectivity index (χ2v) is 3.92. The minimum absolute atomic E-state index is 0.208. The van der Waals surface area contributed by atoms with Crippen molar-refractivity contribution >= 4 is 22.4 Å². The van der Waals surface area contributed by atoms with Crippen LogP contribution < -0.4 is 5.73 Å². The third kappa shape index (κ3) is 1.89. The topological polar surface area (TPSA) is 93.9 Å². The lowest BCUT2D eigenvalue weighted by Crippen LogP contribution is -2.06. The number of rotatable bonds is 3. The molecular weight excluding hydrogens is 228 g/mol. The Balaban J connectivity index is 2.42. The fraction of sp³-hybridized carbons (Fsp3) is 0.222. The molecule has 6 nitrogen and oxygen atoms in total. The predicted octanol–water partition coefficient (Wildman–Crippen LogP) is 1.29. The highest BCUT2D eigenvalue weighted by Gasteiger charge is 2.20. The maximum atomic E-state index is 11.6. The first kappa shape index (κ1) is 10.6. The largest absolute Gasteiger partial charge is 0.461 e. The molecule has 2 aromatic heterocycles. The number of nitrogen functional groups attached to an aromatic ring is 1. The van der Waals surface area contributed by atoms with Gasteiger partial charge in [-0.1, -0.05) is 11.3 Å². The van der Waals surface area contributed by atoms with E-state index in [4.69, 9.17) is 10.5 Å². The Hall–Kier alpha value is -1.89. The molecule has 84 valence electrons. The van der Waals surface area contributed by atoms with Gasteiger partial charge in [0.15, 0.2) is 10.8 Å². The van der Waals surface area contributed by atoms with Crippen LogP contribution in [0, 0.1) is 0 Å². The molecule has 16 heavy (non-hydrogen) atoms. The Bertz CT molecular complexity index is 492. The number of H-pyrrole nitrogens is 1. The first-order chi connectivity index (χ1) is 7.72. The van der Waals surface area contributed by atoms with Crippen LogP contribution >= 0.6 is 11.3 Å². The molecule has 0 aromatic carbocycles. The van der Waals surface area contributed by atoms with Gasteiger partial charge in [0, 0.05) is 12.4 Å². The molecule has 7 heteroatoms. The molecule has 2 rings (SSSR count). The number of nitrogens with one attached hydrogen (secondary N) is 1. The number of aromatic amines is 1. The molecule has 0 aliphatic carbocycles. The summed E-state index contributed by atoms with van der Waals surface area (Å²) in [6, 6.07) is 0. The molecule has 0 spiro atoms. The van der Waals surface area contributed by atoms with Crippen molar-refractivity contribution < 1.29 is 9.53 Å². The zero-order valence-corrected chi connectivity index (χ0v) is 9.37. The highest BCUT2D eigenvalue weighted by atomic mass is 32.1. The third-order valence-electron chi connectivity index (χ3n) is 1.83. The van der Waals surface area contributed by atoms with E-state index in [0.717, 1.165) is 0 Å². The van der Waals surface area contributed by atoms with Gasteiger partial charge in [-0.05, 0) is 6.92 Å². The Morgan fingerprint density at radius 2 is 2.50 bits per heavy atom. The summed E-state index contributed by atoms with van der Waals surface area (Å²) in [5, 5.41) is 0.314. The summed E-state index contributed by atoms with van der Waals surface area (Å²) in [5.41, 5.74) is 5.79. The number of imidazole rings is 1. The van der Waals surface area contributed by atoms with Gasteiger partial charge < -0.3 is 15.5 Å². The van der Waals surface area contributed by atoms with Gasteiger partial charge in [-0.15, -0.1) is 0 Å². The molecular formula is C9H10N4O2S. The fourth-order valence-electron chi connectivity index (χ4n) is 1.22. The average Bonchev–Trinajstić information content (AvgIpc) is 2.85. The quantitative estimate of drug-likeness (QED) is 0.786. The van der Waals surface area contributed by atoms with Crippen molar-refractivity contribution in [1.29, 1.82) is 0 Å². The molecule has 0 aliphatic heterocycles. The van der Waals surface area contributed by atoms with Gasteiger partial charge in [-0.3, -0.25) is 0 Å². The molecule has 2 heterocycles. The number of nitrogens with two attached hydrogens (primary N) is 1. The molecule has 3 N–H and O–H groups in total. The molecule has 0 unspecified atom stereocenters. The molecule has 0 amide bonds. The van der Waals surface area contributed by atoms with E-state index in [1.165, 1.54) is 11.3 Å². The monoisotopic (exact) mass is 238 g/mol. The van der Waals surface area contributed by atoms with Gasteiger partial charge in [0.2, 0.25) is 0 Å². The summed E-state index contributed by atoms with van der Waals surface area (Å²) in [6.07, 6.45) is 3.26. The van der Waals surface area contributed by atoms with Crippen molar-refractivity contribution in [2.24, 2.45) is 0 Å². The fourth-order valence-corrected chi connectivity index (χ4v) is 2.00. The van der Waals surface area contributed by atoms with Crippen LogP contribution in [-0.4, -0.2) is 27.5 Å². The highest BCUT2D eigenvalue weighted by molar-refractivity contribution is 7.19. The van der Waals surface area contributed by atoms with Gasteiger partial charge in [0.05, 0.1) is 6.61 Å². The number of esters is 1. The summed E-state index contributed by atoms with van der Waals surface area (Å²) in [4.78, 5) is 23.1. The minimum atomic E-state index is -0.484. The summed E-state index contributed by atoms with van der Waals surface area (Å²) >= 11 is 1.20. The molecule has 0 saturated heterocycles. The molecule has 0 saturated carbocycles. The summed E-state index contributed by atoms with van der Waals surface area (Å²) in [7, 11) is 0. The molecule has 2 aromatic rings. The van der Waals surface area contributed by atoms with Crippen molar-refractivity contribution in [2.75, 3.05) is 12.3 Å². The van der Waals surface area contributed by atoms with Crippen molar-refractivity contribution in [2.45, 2.75) is 6.92 Å². The number of hydrogen-bond donors (Lipinski definition) is 2. The van der Waals surface area contributed by atoms with Crippen LogP contribution in [0.25, 0.3) is 10.7 Å². The summed E-state index contributed by atoms with van der Waals surface area (Å²) in [5.74, 6) is 0.0825. The van der Waals surface area contributed by atoms with Crippen LogP contribution in [0.15, 0.2) is 12.4 Å². The number of hydrogen-bond acceptors (Lipinski definition) is 6. The van der Waals surface area contributed by atoms with E-state index in [1.54, 1.807) is 19.3 Å². The van der Waals surface area contributed by atoms with E-state index in [-0.39, 0.29) is 5.69 Å². The van der Waals surface area contributed by atoms with Crippen LogP contribution in [0.4, 0.5) is 5.13 Å². The van der Waals surface area contributed by atoms with Gasteiger partial charge in [0.25, 0.3) is 0 Å². The van der Waals surface area contributed by atoms with E-state index >= 15 is 0 Å². The van der Waals surface area contributed by atoms with Crippen LogP contribution in [-0.2, 0) is 4.74 Å². The van der Waals surface area contributed by atoms with Crippen LogP contribution in [0.3, 0.4) is 0 Å². The van der Waals surface area contributed by atoms with Gasteiger partial charge >= 0.3 is 5.97 Å². The van der Waals surface area contributed by atoms with E-state index < -0.39 is 5.97 Å². The number of nitrogens with zero attached hydrogens (tertiary/aromatic N) is 2. The smallest absolute Gasteiger partial charge is 0.358 e. The van der Waals surface area contributed by atoms with Crippen LogP contribution in [0.1, 0.15) is 17.4 Å². The number of carbonyl (C=O) groups is 1. The molecule has 0 aliphatic rings. The summed E-state index contributed by atoms with van der Waals surface area (Å²) < 4.78 is 4.89. The number of ether oxygens (including phenoxy) is 1. The zero-order chi connectivity index (χ0) is 11.5. The second-order valence-electron chi connectivity index (χ2n) is 2.89. The van der Waals surface area contributed by atoms with Crippen molar-refractivity contribution in [1.82, 2.24) is 15.0 Å². The number of anilines is 1. The SMILES string of the molecule is CCOC(=O)c1nc(N)sc1-c1ncc[nH]1. The van der Waals surface area contributed by atoms with Crippen molar-refractivity contribution in [3.8, 4) is 10.7 Å². The Morgan fingerprint density at radius 3 is 3.12 bits per heavy atom. The maximum absolute atomic E-state index is 11.6. The zero-order valence-electron chi connectivity index (χ0n) is 8.56.